The van der Waals surface area contributed by atoms with E-state index in [0.29, 0.717) is 5.92 Å². The fraction of sp³-hybridized carbons (Fsp3) is 0.704. The first-order valence-corrected chi connectivity index (χ1v) is 17.7. The predicted molar refractivity (Wildman–Crippen MR) is 144 cm³/mol. The summed E-state index contributed by atoms with van der Waals surface area (Å²) in [7, 11) is -3.98. The molecule has 1 aromatic heterocycles. The third-order valence-electron chi connectivity index (χ3n) is 10.4. The number of hydrogen-bond donors (Lipinski definition) is 0. The van der Waals surface area contributed by atoms with E-state index in [1.165, 1.54) is 4.31 Å². The average Bonchev–Trinajstić information content (AvgIpc) is 3.38. The first-order chi connectivity index (χ1) is 16.5. The lowest BCUT2D eigenvalue weighted by Crippen LogP contribution is -2.46. The molecule has 198 valence electrons. The monoisotopic (exact) mass is 531 g/mol. The topological polar surface area (TPSA) is 81.5 Å². The van der Waals surface area contributed by atoms with Crippen LogP contribution in [0.5, 0.6) is 0 Å². The molecule has 3 fully saturated rings. The molecule has 3 aliphatic rings. The van der Waals surface area contributed by atoms with Crippen LogP contribution in [0.1, 0.15) is 72.0 Å². The fourth-order valence-electron chi connectivity index (χ4n) is 6.98. The van der Waals surface area contributed by atoms with Crippen LogP contribution in [0.2, 0.25) is 18.1 Å². The Morgan fingerprint density at radius 3 is 2.61 bits per heavy atom. The second-order valence-electron chi connectivity index (χ2n) is 13.5. The van der Waals surface area contributed by atoms with E-state index in [2.05, 4.69) is 52.7 Å². The molecule has 1 aromatic carbocycles. The largest absolute Gasteiger partial charge is 0.409 e. The van der Waals surface area contributed by atoms with Gasteiger partial charge in [-0.15, -0.1) is 0 Å². The highest BCUT2D eigenvalue weighted by atomic mass is 32.2. The summed E-state index contributed by atoms with van der Waals surface area (Å²) in [5.41, 5.74) is 2.33. The van der Waals surface area contributed by atoms with E-state index in [-0.39, 0.29) is 40.0 Å². The van der Waals surface area contributed by atoms with E-state index in [1.807, 2.05) is 29.8 Å². The Labute approximate surface area is 216 Å². The van der Waals surface area contributed by atoms with Crippen LogP contribution in [0.15, 0.2) is 24.5 Å². The number of carbonyl (C=O) groups excluding carboxylic acids is 1. The van der Waals surface area contributed by atoms with Gasteiger partial charge in [-0.1, -0.05) is 40.7 Å². The van der Waals surface area contributed by atoms with Gasteiger partial charge >= 0.3 is 0 Å². The molecule has 0 radical (unpaired) electrons. The van der Waals surface area contributed by atoms with Crippen molar-refractivity contribution in [2.75, 3.05) is 5.75 Å². The van der Waals surface area contributed by atoms with Crippen LogP contribution in [-0.4, -0.2) is 48.3 Å². The summed E-state index contributed by atoms with van der Waals surface area (Å²) < 4.78 is 37.0. The maximum Gasteiger partial charge on any atom is 0.239 e. The van der Waals surface area contributed by atoms with E-state index in [9.17, 15) is 13.2 Å². The van der Waals surface area contributed by atoms with Crippen molar-refractivity contribution >= 4 is 35.3 Å². The van der Waals surface area contributed by atoms with Gasteiger partial charge in [0.2, 0.25) is 15.9 Å². The van der Waals surface area contributed by atoms with Crippen LogP contribution in [0.4, 0.5) is 0 Å². The first kappa shape index (κ1) is 25.9. The molecule has 2 saturated carbocycles. The molecule has 2 aliphatic carbocycles. The second-order valence-corrected chi connectivity index (χ2v) is 20.1. The number of sulfonamides is 1. The summed E-state index contributed by atoms with van der Waals surface area (Å²) in [6.07, 6.45) is 3.99. The molecule has 1 unspecified atom stereocenters. The summed E-state index contributed by atoms with van der Waals surface area (Å²) in [5, 5.41) is -0.0538. The Morgan fingerprint density at radius 2 is 1.97 bits per heavy atom. The molecule has 1 amide bonds. The van der Waals surface area contributed by atoms with Crippen molar-refractivity contribution in [3.8, 4) is 0 Å². The van der Waals surface area contributed by atoms with E-state index in [1.54, 1.807) is 6.33 Å². The van der Waals surface area contributed by atoms with Gasteiger partial charge in [0.1, 0.15) is 0 Å². The number of aromatic nitrogens is 2. The number of hydrogen-bond acceptors (Lipinski definition) is 5. The van der Waals surface area contributed by atoms with E-state index in [0.717, 1.165) is 35.9 Å². The van der Waals surface area contributed by atoms with Gasteiger partial charge in [0.25, 0.3) is 0 Å². The summed E-state index contributed by atoms with van der Waals surface area (Å²) in [6, 6.07) is 5.76. The van der Waals surface area contributed by atoms with Crippen molar-refractivity contribution in [2.45, 2.75) is 90.6 Å². The van der Waals surface area contributed by atoms with E-state index >= 15 is 0 Å². The summed E-state index contributed by atoms with van der Waals surface area (Å²) in [6.45, 7) is 15.3. The standard InChI is InChI=1S/C27H41N3O4SSi/c1-25(2,3)36(7,8)34-22(18-9-10-21-20(13-18)28-17-29(21)6)15-24(31)30-23-14-19-11-12-27(23,26(19,4)5)16-35(30,32)33/h9-10,13,17,19,22-23H,11-12,14-16H2,1-8H3/t19?,22-,23+,27+/m0/s1. The Balaban J connectivity index is 1.50. The van der Waals surface area contributed by atoms with Crippen molar-refractivity contribution in [3.63, 3.8) is 0 Å². The summed E-state index contributed by atoms with van der Waals surface area (Å²) in [5.74, 6) is 0.234. The molecule has 1 saturated heterocycles. The van der Waals surface area contributed by atoms with Gasteiger partial charge < -0.3 is 8.99 Å². The molecule has 2 bridgehead atoms. The molecule has 7 nitrogen and oxygen atoms in total. The molecule has 2 aromatic rings. The normalized spacial score (nSPS) is 29.6. The molecule has 0 N–H and O–H groups in total. The van der Waals surface area contributed by atoms with Gasteiger partial charge in [-0.05, 0) is 66.4 Å². The lowest BCUT2D eigenvalue weighted by atomic mass is 9.69. The number of amides is 1. The zero-order valence-corrected chi connectivity index (χ0v) is 24.8. The molecular formula is C27H41N3O4SSi. The van der Waals surface area contributed by atoms with E-state index < -0.39 is 24.4 Å². The average molecular weight is 532 g/mol. The molecule has 36 heavy (non-hydrogen) atoms. The smallest absolute Gasteiger partial charge is 0.239 e. The Bertz CT molecular complexity index is 1330. The maximum atomic E-state index is 13.9. The number of imidazole rings is 1. The Kier molecular flexibility index (Phi) is 5.69. The van der Waals surface area contributed by atoms with Gasteiger partial charge in [0.15, 0.2) is 8.32 Å². The number of nitrogens with zero attached hydrogens (tertiary/aromatic N) is 3. The maximum absolute atomic E-state index is 13.9. The van der Waals surface area contributed by atoms with Crippen molar-refractivity contribution in [1.82, 2.24) is 13.9 Å². The Hall–Kier alpha value is -1.71. The first-order valence-electron chi connectivity index (χ1n) is 13.1. The number of carbonyl (C=O) groups is 1. The van der Waals surface area contributed by atoms with Crippen LogP contribution in [-0.2, 0) is 26.3 Å². The third-order valence-corrected chi connectivity index (χ3v) is 16.8. The van der Waals surface area contributed by atoms with Gasteiger partial charge in [-0.2, -0.15) is 0 Å². The van der Waals surface area contributed by atoms with Crippen molar-refractivity contribution in [1.29, 1.82) is 0 Å². The molecule has 5 rings (SSSR count). The van der Waals surface area contributed by atoms with Crippen LogP contribution in [0, 0.1) is 16.7 Å². The highest BCUT2D eigenvalue weighted by Gasteiger charge is 2.72. The van der Waals surface area contributed by atoms with Gasteiger partial charge in [-0.25, -0.2) is 17.7 Å². The van der Waals surface area contributed by atoms with Gasteiger partial charge in [0.05, 0.1) is 41.7 Å². The van der Waals surface area contributed by atoms with Crippen LogP contribution >= 0.6 is 0 Å². The lowest BCUT2D eigenvalue weighted by Gasteiger charge is -2.40. The summed E-state index contributed by atoms with van der Waals surface area (Å²) in [4.78, 5) is 18.4. The Morgan fingerprint density at radius 1 is 1.28 bits per heavy atom. The molecular weight excluding hydrogens is 490 g/mol. The number of rotatable bonds is 5. The predicted octanol–water partition coefficient (Wildman–Crippen LogP) is 5.39. The van der Waals surface area contributed by atoms with Crippen LogP contribution < -0.4 is 0 Å². The van der Waals surface area contributed by atoms with E-state index in [4.69, 9.17) is 4.43 Å². The lowest BCUT2D eigenvalue weighted by molar-refractivity contribution is -0.130. The summed E-state index contributed by atoms with van der Waals surface area (Å²) >= 11 is 0. The van der Waals surface area contributed by atoms with Gasteiger partial charge in [-0.3, -0.25) is 4.79 Å². The van der Waals surface area contributed by atoms with Crippen molar-refractivity contribution < 1.29 is 17.6 Å². The molecule has 4 atom stereocenters. The molecule has 2 heterocycles. The zero-order valence-electron chi connectivity index (χ0n) is 23.0. The highest BCUT2D eigenvalue weighted by molar-refractivity contribution is 7.90. The van der Waals surface area contributed by atoms with Crippen LogP contribution in [0.25, 0.3) is 11.0 Å². The van der Waals surface area contributed by atoms with Crippen molar-refractivity contribution in [2.24, 2.45) is 23.8 Å². The minimum absolute atomic E-state index is 0.0156. The minimum atomic E-state index is -3.67. The third kappa shape index (κ3) is 3.63. The number of benzene rings is 1. The minimum Gasteiger partial charge on any atom is -0.409 e. The zero-order chi connectivity index (χ0) is 26.5. The second kappa shape index (κ2) is 7.90. The molecule has 9 heteroatoms. The molecule has 1 aliphatic heterocycles. The highest BCUT2D eigenvalue weighted by Crippen LogP contribution is 2.70. The van der Waals surface area contributed by atoms with Crippen LogP contribution in [0.3, 0.4) is 0 Å². The fourth-order valence-corrected chi connectivity index (χ4v) is 10.8. The quantitative estimate of drug-likeness (QED) is 0.483. The van der Waals surface area contributed by atoms with Gasteiger partial charge in [0, 0.05) is 12.5 Å². The van der Waals surface area contributed by atoms with Crippen molar-refractivity contribution in [3.05, 3.63) is 30.1 Å². The SMILES string of the molecule is Cn1cnc2cc([C@H](CC(=O)N3[C@@H]4CC5CC[C@]4(CS3(=O)=O)C5(C)C)O[Si](C)(C)C(C)(C)C)ccc21. The number of aryl methyl sites for hydroxylation is 1. The molecule has 1 spiro atoms. The number of fused-ring (bicyclic) bond motifs is 2.